The second-order valence-electron chi connectivity index (χ2n) is 4.72. The third-order valence-corrected chi connectivity index (χ3v) is 3.47. The van der Waals surface area contributed by atoms with E-state index >= 15 is 0 Å². The molecule has 1 N–H and O–H groups in total. The highest BCUT2D eigenvalue weighted by atomic mass is 15.0. The normalized spacial score (nSPS) is 19.9. The van der Waals surface area contributed by atoms with Gasteiger partial charge in [0.25, 0.3) is 0 Å². The highest BCUT2D eigenvalue weighted by molar-refractivity contribution is 5.57. The number of hydrogen-bond acceptors (Lipinski definition) is 4. The Hall–Kier alpha value is -1.75. The number of piperidine rings is 1. The lowest BCUT2D eigenvalue weighted by atomic mass is 9.94. The van der Waals surface area contributed by atoms with Crippen molar-refractivity contribution in [3.8, 4) is 11.4 Å². The van der Waals surface area contributed by atoms with Crippen LogP contribution in [0.4, 0.5) is 0 Å². The smallest absolute Gasteiger partial charge is 0.110 e. The summed E-state index contributed by atoms with van der Waals surface area (Å²) in [5, 5.41) is 3.43. The van der Waals surface area contributed by atoms with Crippen LogP contribution in [-0.2, 0) is 7.05 Å². The minimum atomic E-state index is 0.456. The fourth-order valence-electron chi connectivity index (χ4n) is 2.52. The fourth-order valence-corrected chi connectivity index (χ4v) is 2.52. The molecule has 3 rings (SSSR count). The third kappa shape index (κ3) is 2.01. The lowest BCUT2D eigenvalue weighted by Gasteiger charge is -2.23. The minimum Gasteiger partial charge on any atom is -0.332 e. The van der Waals surface area contributed by atoms with Crippen molar-refractivity contribution in [3.05, 3.63) is 30.6 Å². The van der Waals surface area contributed by atoms with Crippen LogP contribution < -0.4 is 5.32 Å². The van der Waals surface area contributed by atoms with E-state index < -0.39 is 0 Å². The quantitative estimate of drug-likeness (QED) is 0.865. The second kappa shape index (κ2) is 4.86. The third-order valence-electron chi connectivity index (χ3n) is 3.47. The van der Waals surface area contributed by atoms with Crippen molar-refractivity contribution in [2.45, 2.75) is 18.8 Å². The maximum absolute atomic E-state index is 4.56. The molecular formula is C13H17N5. The van der Waals surface area contributed by atoms with Crippen LogP contribution >= 0.6 is 0 Å². The van der Waals surface area contributed by atoms with Crippen LogP contribution in [0.3, 0.4) is 0 Å². The molecule has 5 nitrogen and oxygen atoms in total. The molecular weight excluding hydrogens is 226 g/mol. The Morgan fingerprint density at radius 3 is 2.94 bits per heavy atom. The molecule has 3 heterocycles. The predicted octanol–water partition coefficient (Wildman–Crippen LogP) is 1.34. The molecule has 18 heavy (non-hydrogen) atoms. The molecule has 0 aliphatic carbocycles. The zero-order valence-electron chi connectivity index (χ0n) is 10.5. The Kier molecular flexibility index (Phi) is 3.06. The number of aryl methyl sites for hydroxylation is 1. The van der Waals surface area contributed by atoms with E-state index in [0.29, 0.717) is 5.92 Å². The van der Waals surface area contributed by atoms with Gasteiger partial charge in [0.15, 0.2) is 0 Å². The van der Waals surface area contributed by atoms with E-state index in [9.17, 15) is 0 Å². The van der Waals surface area contributed by atoms with Crippen LogP contribution in [-0.4, -0.2) is 32.6 Å². The first-order chi connectivity index (χ1) is 8.86. The number of hydrogen-bond donors (Lipinski definition) is 1. The zero-order valence-corrected chi connectivity index (χ0v) is 10.5. The first kappa shape index (κ1) is 11.3. The van der Waals surface area contributed by atoms with Gasteiger partial charge < -0.3 is 9.88 Å². The Morgan fingerprint density at radius 2 is 2.22 bits per heavy atom. The number of nitrogens with zero attached hydrogens (tertiary/aromatic N) is 4. The van der Waals surface area contributed by atoms with Gasteiger partial charge in [0.05, 0.1) is 23.9 Å². The molecule has 0 aromatic carbocycles. The summed E-state index contributed by atoms with van der Waals surface area (Å²) in [6.07, 6.45) is 9.56. The first-order valence-corrected chi connectivity index (χ1v) is 6.34. The summed E-state index contributed by atoms with van der Waals surface area (Å²) in [5.41, 5.74) is 3.09. The van der Waals surface area contributed by atoms with E-state index in [1.54, 1.807) is 18.7 Å². The molecule has 1 aliphatic heterocycles. The second-order valence-corrected chi connectivity index (χ2v) is 4.72. The predicted molar refractivity (Wildman–Crippen MR) is 69.1 cm³/mol. The van der Waals surface area contributed by atoms with Gasteiger partial charge in [-0.3, -0.25) is 9.97 Å². The van der Waals surface area contributed by atoms with Crippen LogP contribution in [0.5, 0.6) is 0 Å². The first-order valence-electron chi connectivity index (χ1n) is 6.34. The van der Waals surface area contributed by atoms with Gasteiger partial charge in [0, 0.05) is 31.9 Å². The van der Waals surface area contributed by atoms with Crippen molar-refractivity contribution >= 4 is 0 Å². The molecule has 1 saturated heterocycles. The molecule has 0 radical (unpaired) electrons. The summed E-state index contributed by atoms with van der Waals surface area (Å²) in [6, 6.07) is 0. The highest BCUT2D eigenvalue weighted by Gasteiger charge is 2.21. The summed E-state index contributed by atoms with van der Waals surface area (Å²) in [7, 11) is 1.99. The fraction of sp³-hybridized carbons (Fsp3) is 0.462. The van der Waals surface area contributed by atoms with Crippen LogP contribution in [0.2, 0.25) is 0 Å². The van der Waals surface area contributed by atoms with Crippen LogP contribution in [0.25, 0.3) is 11.4 Å². The molecule has 0 saturated carbocycles. The minimum absolute atomic E-state index is 0.456. The lowest BCUT2D eigenvalue weighted by molar-refractivity contribution is 0.454. The van der Waals surface area contributed by atoms with Gasteiger partial charge in [-0.25, -0.2) is 4.98 Å². The summed E-state index contributed by atoms with van der Waals surface area (Å²) in [4.78, 5) is 13.2. The molecule has 0 amide bonds. The Morgan fingerprint density at radius 1 is 1.33 bits per heavy atom. The highest BCUT2D eigenvalue weighted by Crippen LogP contribution is 2.28. The van der Waals surface area contributed by atoms with Gasteiger partial charge in [-0.05, 0) is 19.4 Å². The van der Waals surface area contributed by atoms with Crippen LogP contribution in [0.1, 0.15) is 24.5 Å². The monoisotopic (exact) mass is 243 g/mol. The topological polar surface area (TPSA) is 55.6 Å². The molecule has 94 valence electrons. The number of aromatic nitrogens is 4. The molecule has 0 bridgehead atoms. The number of rotatable bonds is 2. The molecule has 5 heteroatoms. The largest absolute Gasteiger partial charge is 0.332 e. The summed E-state index contributed by atoms with van der Waals surface area (Å²) < 4.78 is 1.99. The standard InChI is InChI=1S/C13H17N5/c1-18-9-15-8-11(18)13-12(16-5-6-17-13)10-3-2-4-14-7-10/h5-6,8-10,14H,2-4,7H2,1H3/t10-/m0/s1. The van der Waals surface area contributed by atoms with Gasteiger partial charge >= 0.3 is 0 Å². The van der Waals surface area contributed by atoms with E-state index in [4.69, 9.17) is 0 Å². The van der Waals surface area contributed by atoms with Gasteiger partial charge in [0.2, 0.25) is 0 Å². The Labute approximate surface area is 106 Å². The Bertz CT molecular complexity index is 528. The van der Waals surface area contributed by atoms with Gasteiger partial charge in [-0.1, -0.05) is 0 Å². The van der Waals surface area contributed by atoms with E-state index in [1.807, 2.05) is 17.8 Å². The average Bonchev–Trinajstić information content (AvgIpc) is 2.86. The van der Waals surface area contributed by atoms with Crippen LogP contribution in [0.15, 0.2) is 24.9 Å². The number of imidazole rings is 1. The summed E-state index contributed by atoms with van der Waals surface area (Å²) in [5.74, 6) is 0.456. The van der Waals surface area contributed by atoms with Gasteiger partial charge in [0.1, 0.15) is 5.69 Å². The molecule has 2 aromatic rings. The maximum Gasteiger partial charge on any atom is 0.110 e. The van der Waals surface area contributed by atoms with Crippen molar-refractivity contribution in [1.82, 2.24) is 24.8 Å². The number of nitrogens with one attached hydrogen (secondary N) is 1. The summed E-state index contributed by atoms with van der Waals surface area (Å²) >= 11 is 0. The SMILES string of the molecule is Cn1cncc1-c1nccnc1[C@H]1CCCNC1. The zero-order chi connectivity index (χ0) is 12.4. The van der Waals surface area contributed by atoms with Crippen LogP contribution in [0, 0.1) is 0 Å². The molecule has 0 spiro atoms. The van der Waals surface area contributed by atoms with E-state index in [-0.39, 0.29) is 0 Å². The van der Waals surface area contributed by atoms with Crippen molar-refractivity contribution in [1.29, 1.82) is 0 Å². The van der Waals surface area contributed by atoms with Gasteiger partial charge in [-0.2, -0.15) is 0 Å². The van der Waals surface area contributed by atoms with Crippen molar-refractivity contribution in [2.75, 3.05) is 13.1 Å². The van der Waals surface area contributed by atoms with Gasteiger partial charge in [-0.15, -0.1) is 0 Å². The summed E-state index contributed by atoms with van der Waals surface area (Å²) in [6.45, 7) is 2.10. The molecule has 1 fully saturated rings. The van der Waals surface area contributed by atoms with E-state index in [0.717, 1.165) is 30.2 Å². The molecule has 1 atom stereocenters. The van der Waals surface area contributed by atoms with Crippen molar-refractivity contribution in [2.24, 2.45) is 7.05 Å². The average molecular weight is 243 g/mol. The molecule has 0 unspecified atom stereocenters. The van der Waals surface area contributed by atoms with E-state index in [2.05, 4.69) is 20.3 Å². The maximum atomic E-state index is 4.56. The van der Waals surface area contributed by atoms with E-state index in [1.165, 1.54) is 12.8 Å². The van der Waals surface area contributed by atoms with Crippen molar-refractivity contribution in [3.63, 3.8) is 0 Å². The molecule has 2 aromatic heterocycles. The lowest BCUT2D eigenvalue weighted by Crippen LogP contribution is -2.29. The van der Waals surface area contributed by atoms with Crippen molar-refractivity contribution < 1.29 is 0 Å². The molecule has 1 aliphatic rings. The Balaban J connectivity index is 2.02.